The van der Waals surface area contributed by atoms with Gasteiger partial charge in [0.15, 0.2) is 0 Å². The third-order valence-corrected chi connectivity index (χ3v) is 4.94. The lowest BCUT2D eigenvalue weighted by Crippen LogP contribution is -2.37. The zero-order valence-corrected chi connectivity index (χ0v) is 17.2. The molecule has 2 aromatic rings. The highest BCUT2D eigenvalue weighted by molar-refractivity contribution is 6.05. The monoisotopic (exact) mass is 396 g/mol. The fourth-order valence-electron chi connectivity index (χ4n) is 3.29. The van der Waals surface area contributed by atoms with Gasteiger partial charge in [0.1, 0.15) is 0 Å². The van der Waals surface area contributed by atoms with Crippen LogP contribution < -0.4 is 10.2 Å². The smallest absolute Gasteiger partial charge is 0.340 e. The normalized spacial score (nSPS) is 14.0. The SMILES string of the molecule is CCOC(=O)c1cc(NC(=O)c2ccc(C(C)C)cc2)ccc1N1CCOCC1. The van der Waals surface area contributed by atoms with E-state index >= 15 is 0 Å². The maximum Gasteiger partial charge on any atom is 0.340 e. The minimum atomic E-state index is -0.397. The summed E-state index contributed by atoms with van der Waals surface area (Å²) in [6.45, 7) is 8.95. The van der Waals surface area contributed by atoms with Crippen LogP contribution in [-0.2, 0) is 9.47 Å². The van der Waals surface area contributed by atoms with E-state index in [1.54, 1.807) is 13.0 Å². The van der Waals surface area contributed by atoms with Crippen molar-refractivity contribution in [2.45, 2.75) is 26.7 Å². The van der Waals surface area contributed by atoms with E-state index in [-0.39, 0.29) is 5.91 Å². The molecule has 2 aromatic carbocycles. The lowest BCUT2D eigenvalue weighted by Gasteiger charge is -2.30. The molecular weight excluding hydrogens is 368 g/mol. The fourth-order valence-corrected chi connectivity index (χ4v) is 3.29. The van der Waals surface area contributed by atoms with Crippen molar-refractivity contribution in [1.29, 1.82) is 0 Å². The number of carbonyl (C=O) groups excluding carboxylic acids is 2. The van der Waals surface area contributed by atoms with Gasteiger partial charge in [-0.3, -0.25) is 4.79 Å². The highest BCUT2D eigenvalue weighted by atomic mass is 16.5. The van der Waals surface area contributed by atoms with E-state index in [2.05, 4.69) is 24.1 Å². The molecule has 0 atom stereocenters. The second-order valence-corrected chi connectivity index (χ2v) is 7.28. The molecule has 1 N–H and O–H groups in total. The van der Waals surface area contributed by atoms with Gasteiger partial charge in [0.2, 0.25) is 0 Å². The second-order valence-electron chi connectivity index (χ2n) is 7.28. The van der Waals surface area contributed by atoms with Gasteiger partial charge in [0, 0.05) is 24.3 Å². The number of nitrogens with zero attached hydrogens (tertiary/aromatic N) is 1. The van der Waals surface area contributed by atoms with Gasteiger partial charge in [0.25, 0.3) is 5.91 Å². The molecule has 0 spiro atoms. The first-order valence-electron chi connectivity index (χ1n) is 10.0. The first-order chi connectivity index (χ1) is 14.0. The van der Waals surface area contributed by atoms with Crippen molar-refractivity contribution in [3.63, 3.8) is 0 Å². The Hall–Kier alpha value is -2.86. The summed E-state index contributed by atoms with van der Waals surface area (Å²) in [6, 6.07) is 12.9. The molecule has 6 nitrogen and oxygen atoms in total. The van der Waals surface area contributed by atoms with Gasteiger partial charge in [-0.25, -0.2) is 4.79 Å². The lowest BCUT2D eigenvalue weighted by atomic mass is 10.0. The summed E-state index contributed by atoms with van der Waals surface area (Å²) in [7, 11) is 0. The van der Waals surface area contributed by atoms with Crippen molar-refractivity contribution < 1.29 is 19.1 Å². The topological polar surface area (TPSA) is 67.9 Å². The third-order valence-electron chi connectivity index (χ3n) is 4.94. The van der Waals surface area contributed by atoms with Crippen LogP contribution in [0.3, 0.4) is 0 Å². The molecule has 6 heteroatoms. The molecule has 1 aliphatic heterocycles. The van der Waals surface area contributed by atoms with Crippen molar-refractivity contribution in [3.05, 3.63) is 59.2 Å². The highest BCUT2D eigenvalue weighted by Crippen LogP contribution is 2.27. The van der Waals surface area contributed by atoms with Crippen molar-refractivity contribution >= 4 is 23.3 Å². The molecule has 3 rings (SSSR count). The quantitative estimate of drug-likeness (QED) is 0.746. The van der Waals surface area contributed by atoms with E-state index in [1.165, 1.54) is 5.56 Å². The molecule has 1 amide bonds. The molecular formula is C23H28N2O4. The van der Waals surface area contributed by atoms with Gasteiger partial charge in [-0.05, 0) is 48.7 Å². The summed E-state index contributed by atoms with van der Waals surface area (Å²) in [5, 5.41) is 2.88. The lowest BCUT2D eigenvalue weighted by molar-refractivity contribution is 0.0526. The Morgan fingerprint density at radius 3 is 2.41 bits per heavy atom. The zero-order valence-electron chi connectivity index (χ0n) is 17.2. The Kier molecular flexibility index (Phi) is 6.88. The van der Waals surface area contributed by atoms with Crippen LogP contribution in [0.2, 0.25) is 0 Å². The minimum Gasteiger partial charge on any atom is -0.462 e. The molecule has 1 saturated heterocycles. The summed E-state index contributed by atoms with van der Waals surface area (Å²) < 4.78 is 10.6. The Morgan fingerprint density at radius 2 is 1.79 bits per heavy atom. The number of benzene rings is 2. The molecule has 0 saturated carbocycles. The van der Waals surface area contributed by atoms with Crippen molar-refractivity contribution in [3.8, 4) is 0 Å². The number of rotatable bonds is 6. The molecule has 29 heavy (non-hydrogen) atoms. The average Bonchev–Trinajstić information content (AvgIpc) is 2.74. The number of esters is 1. The van der Waals surface area contributed by atoms with Crippen LogP contribution in [0.15, 0.2) is 42.5 Å². The number of nitrogens with one attached hydrogen (secondary N) is 1. The molecule has 1 fully saturated rings. The summed E-state index contributed by atoms with van der Waals surface area (Å²) in [4.78, 5) is 27.3. The molecule has 0 aliphatic carbocycles. The fraction of sp³-hybridized carbons (Fsp3) is 0.391. The Morgan fingerprint density at radius 1 is 1.10 bits per heavy atom. The zero-order chi connectivity index (χ0) is 20.8. The van der Waals surface area contributed by atoms with Crippen LogP contribution in [0.4, 0.5) is 11.4 Å². The highest BCUT2D eigenvalue weighted by Gasteiger charge is 2.21. The third kappa shape index (κ3) is 5.15. The first-order valence-corrected chi connectivity index (χ1v) is 10.0. The van der Waals surface area contributed by atoms with Gasteiger partial charge >= 0.3 is 5.97 Å². The number of carbonyl (C=O) groups is 2. The first kappa shape index (κ1) is 20.9. The average molecular weight is 396 g/mol. The molecule has 154 valence electrons. The molecule has 0 aromatic heterocycles. The summed E-state index contributed by atoms with van der Waals surface area (Å²) in [5.41, 5.74) is 3.56. The van der Waals surface area contributed by atoms with E-state index in [0.717, 1.165) is 5.69 Å². The summed E-state index contributed by atoms with van der Waals surface area (Å²) in [5.74, 6) is -0.201. The molecule has 1 heterocycles. The van der Waals surface area contributed by atoms with Gasteiger partial charge < -0.3 is 19.7 Å². The molecule has 1 aliphatic rings. The number of anilines is 2. The van der Waals surface area contributed by atoms with Crippen molar-refractivity contribution in [2.75, 3.05) is 43.1 Å². The van der Waals surface area contributed by atoms with Gasteiger partial charge in [0.05, 0.1) is 31.1 Å². The van der Waals surface area contributed by atoms with Crippen molar-refractivity contribution in [1.82, 2.24) is 0 Å². The Balaban J connectivity index is 1.82. The maximum absolute atomic E-state index is 12.6. The predicted octanol–water partition coefficient (Wildman–Crippen LogP) is 4.08. The van der Waals surface area contributed by atoms with Gasteiger partial charge in [-0.1, -0.05) is 26.0 Å². The predicted molar refractivity (Wildman–Crippen MR) is 114 cm³/mol. The van der Waals surface area contributed by atoms with E-state index in [4.69, 9.17) is 9.47 Å². The van der Waals surface area contributed by atoms with E-state index in [0.29, 0.717) is 55.6 Å². The van der Waals surface area contributed by atoms with Crippen molar-refractivity contribution in [2.24, 2.45) is 0 Å². The molecule has 0 bridgehead atoms. The standard InChI is InChI=1S/C23H28N2O4/c1-4-29-23(27)20-15-19(9-10-21(20)25-11-13-28-14-12-25)24-22(26)18-7-5-17(6-8-18)16(2)3/h5-10,15-16H,4,11-14H2,1-3H3,(H,24,26). The van der Waals surface area contributed by atoms with E-state index in [9.17, 15) is 9.59 Å². The van der Waals surface area contributed by atoms with Gasteiger partial charge in [-0.2, -0.15) is 0 Å². The maximum atomic E-state index is 12.6. The van der Waals surface area contributed by atoms with Crippen LogP contribution in [0.5, 0.6) is 0 Å². The molecule has 0 radical (unpaired) electrons. The van der Waals surface area contributed by atoms with Crippen LogP contribution in [0.25, 0.3) is 0 Å². The summed E-state index contributed by atoms with van der Waals surface area (Å²) >= 11 is 0. The van der Waals surface area contributed by atoms with E-state index in [1.807, 2.05) is 36.4 Å². The number of hydrogen-bond acceptors (Lipinski definition) is 5. The number of morpholine rings is 1. The van der Waals surface area contributed by atoms with Crippen LogP contribution in [0.1, 0.15) is 53.0 Å². The van der Waals surface area contributed by atoms with Crippen LogP contribution in [-0.4, -0.2) is 44.8 Å². The largest absolute Gasteiger partial charge is 0.462 e. The summed E-state index contributed by atoms with van der Waals surface area (Å²) in [6.07, 6.45) is 0. The number of ether oxygens (including phenoxy) is 2. The van der Waals surface area contributed by atoms with Crippen LogP contribution in [0, 0.1) is 0 Å². The number of hydrogen-bond donors (Lipinski definition) is 1. The molecule has 0 unspecified atom stereocenters. The van der Waals surface area contributed by atoms with Gasteiger partial charge in [-0.15, -0.1) is 0 Å². The second kappa shape index (κ2) is 9.56. The number of amides is 1. The van der Waals surface area contributed by atoms with Crippen LogP contribution >= 0.6 is 0 Å². The Labute approximate surface area is 171 Å². The Bertz CT molecular complexity index is 856. The van der Waals surface area contributed by atoms with E-state index < -0.39 is 5.97 Å². The minimum absolute atomic E-state index is 0.214.